The Morgan fingerprint density at radius 1 is 1.04 bits per heavy atom. The van der Waals surface area contributed by atoms with E-state index in [1.54, 1.807) is 19.1 Å². The highest BCUT2D eigenvalue weighted by atomic mass is 16.6. The van der Waals surface area contributed by atoms with E-state index in [1.165, 1.54) is 4.57 Å². The zero-order valence-corrected chi connectivity index (χ0v) is 14.7. The summed E-state index contributed by atoms with van der Waals surface area (Å²) in [6.45, 7) is 3.83. The van der Waals surface area contributed by atoms with Gasteiger partial charge in [-0.25, -0.2) is 14.2 Å². The molecule has 0 aliphatic carbocycles. The number of rotatable bonds is 4. The van der Waals surface area contributed by atoms with E-state index in [2.05, 4.69) is 0 Å². The highest BCUT2D eigenvalue weighted by molar-refractivity contribution is 6.11. The minimum absolute atomic E-state index is 0.00536. The molecule has 0 radical (unpaired) electrons. The predicted octanol–water partition coefficient (Wildman–Crippen LogP) is 3.89. The van der Waals surface area contributed by atoms with Gasteiger partial charge in [0.15, 0.2) is 5.69 Å². The minimum atomic E-state index is -0.677. The van der Waals surface area contributed by atoms with Crippen LogP contribution in [0.15, 0.2) is 48.5 Å². The van der Waals surface area contributed by atoms with Crippen molar-refractivity contribution in [2.45, 2.75) is 20.5 Å². The predicted molar refractivity (Wildman–Crippen MR) is 99.1 cm³/mol. The molecule has 1 heterocycles. The number of benzene rings is 2. The number of hydrogen-bond acceptors (Lipinski definition) is 5. The second-order valence-electron chi connectivity index (χ2n) is 5.83. The summed E-state index contributed by atoms with van der Waals surface area (Å²) in [6, 6.07) is 14.7. The van der Waals surface area contributed by atoms with E-state index < -0.39 is 12.1 Å². The quantitative estimate of drug-likeness (QED) is 0.720. The van der Waals surface area contributed by atoms with Crippen LogP contribution >= 0.6 is 0 Å². The fourth-order valence-corrected chi connectivity index (χ4v) is 2.92. The smallest absolute Gasteiger partial charge is 0.419 e. The zero-order valence-electron chi connectivity index (χ0n) is 14.7. The maximum atomic E-state index is 12.8. The Hall–Kier alpha value is -3.28. The minimum Gasteiger partial charge on any atom is -0.461 e. The summed E-state index contributed by atoms with van der Waals surface area (Å²) in [6.07, 6.45) is -0.677. The van der Waals surface area contributed by atoms with Crippen LogP contribution in [-0.2, 0) is 16.1 Å². The highest BCUT2D eigenvalue weighted by Gasteiger charge is 2.27. The van der Waals surface area contributed by atoms with E-state index in [4.69, 9.17) is 15.2 Å². The van der Waals surface area contributed by atoms with Crippen molar-refractivity contribution in [3.8, 4) is 0 Å². The largest absolute Gasteiger partial charge is 0.461 e. The van der Waals surface area contributed by atoms with Gasteiger partial charge in [0.05, 0.1) is 17.8 Å². The first-order chi connectivity index (χ1) is 12.5. The first-order valence-corrected chi connectivity index (χ1v) is 8.32. The Kier molecular flexibility index (Phi) is 4.93. The number of esters is 1. The van der Waals surface area contributed by atoms with Crippen LogP contribution < -0.4 is 5.73 Å². The number of aromatic nitrogens is 1. The van der Waals surface area contributed by atoms with Crippen LogP contribution in [0.25, 0.3) is 10.9 Å². The number of anilines is 1. The van der Waals surface area contributed by atoms with Gasteiger partial charge < -0.3 is 15.2 Å². The molecule has 0 bridgehead atoms. The molecule has 0 amide bonds. The van der Waals surface area contributed by atoms with Crippen LogP contribution in [0.1, 0.15) is 28.5 Å². The Morgan fingerprint density at radius 2 is 1.77 bits per heavy atom. The molecule has 26 heavy (non-hydrogen) atoms. The van der Waals surface area contributed by atoms with Crippen LogP contribution in [0.3, 0.4) is 0 Å². The molecule has 0 fully saturated rings. The van der Waals surface area contributed by atoms with E-state index in [-0.39, 0.29) is 24.6 Å². The standard InChI is InChI=1S/C20H20N2O4/c1-3-25-19(23)18-17(21)16-13(2)8-7-11-15(16)22(18)20(24)26-12-14-9-5-4-6-10-14/h4-11H,3,12,21H2,1-2H3. The lowest BCUT2D eigenvalue weighted by Crippen LogP contribution is -2.21. The summed E-state index contributed by atoms with van der Waals surface area (Å²) in [4.78, 5) is 25.2. The molecule has 2 aromatic carbocycles. The number of fused-ring (bicyclic) bond motifs is 1. The highest BCUT2D eigenvalue weighted by Crippen LogP contribution is 2.32. The van der Waals surface area contributed by atoms with Gasteiger partial charge in [-0.2, -0.15) is 0 Å². The molecule has 2 N–H and O–H groups in total. The molecule has 0 unspecified atom stereocenters. The van der Waals surface area contributed by atoms with Crippen molar-refractivity contribution in [1.29, 1.82) is 0 Å². The molecular weight excluding hydrogens is 332 g/mol. The number of nitrogen functional groups attached to an aromatic ring is 1. The molecule has 0 aliphatic heterocycles. The molecule has 134 valence electrons. The zero-order chi connectivity index (χ0) is 18.7. The van der Waals surface area contributed by atoms with E-state index in [0.717, 1.165) is 11.1 Å². The van der Waals surface area contributed by atoms with Gasteiger partial charge in [-0.05, 0) is 31.0 Å². The number of carbonyl (C=O) groups is 2. The number of nitrogens with zero attached hydrogens (tertiary/aromatic N) is 1. The van der Waals surface area contributed by atoms with Crippen molar-refractivity contribution in [2.24, 2.45) is 0 Å². The van der Waals surface area contributed by atoms with Gasteiger partial charge in [-0.15, -0.1) is 0 Å². The van der Waals surface area contributed by atoms with Gasteiger partial charge in [0.1, 0.15) is 6.61 Å². The topological polar surface area (TPSA) is 83.5 Å². The Balaban J connectivity index is 2.05. The molecule has 0 saturated heterocycles. The van der Waals surface area contributed by atoms with Crippen molar-refractivity contribution in [3.63, 3.8) is 0 Å². The maximum Gasteiger partial charge on any atom is 0.419 e. The van der Waals surface area contributed by atoms with Crippen molar-refractivity contribution in [3.05, 3.63) is 65.4 Å². The molecular formula is C20H20N2O4. The van der Waals surface area contributed by atoms with Crippen LogP contribution in [0, 0.1) is 6.92 Å². The summed E-state index contributed by atoms with van der Waals surface area (Å²) < 4.78 is 11.7. The van der Waals surface area contributed by atoms with Crippen molar-refractivity contribution >= 4 is 28.7 Å². The summed E-state index contributed by atoms with van der Waals surface area (Å²) in [5.74, 6) is -0.655. The monoisotopic (exact) mass is 352 g/mol. The molecule has 0 aliphatic rings. The molecule has 6 nitrogen and oxygen atoms in total. The normalized spacial score (nSPS) is 10.7. The van der Waals surface area contributed by atoms with Crippen LogP contribution in [0.4, 0.5) is 10.5 Å². The molecule has 6 heteroatoms. The Morgan fingerprint density at radius 3 is 2.46 bits per heavy atom. The third-order valence-corrected chi connectivity index (χ3v) is 4.10. The first-order valence-electron chi connectivity index (χ1n) is 8.32. The molecule has 3 rings (SSSR count). The molecule has 0 saturated carbocycles. The van der Waals surface area contributed by atoms with Crippen LogP contribution in [-0.4, -0.2) is 23.2 Å². The van der Waals surface area contributed by atoms with E-state index in [9.17, 15) is 9.59 Å². The summed E-state index contributed by atoms with van der Waals surface area (Å²) in [5.41, 5.74) is 8.62. The van der Waals surface area contributed by atoms with Gasteiger partial charge in [0.25, 0.3) is 0 Å². The maximum absolute atomic E-state index is 12.8. The van der Waals surface area contributed by atoms with Gasteiger partial charge in [0, 0.05) is 5.39 Å². The second-order valence-corrected chi connectivity index (χ2v) is 5.83. The van der Waals surface area contributed by atoms with E-state index in [0.29, 0.717) is 10.9 Å². The second kappa shape index (κ2) is 7.31. The van der Waals surface area contributed by atoms with Crippen molar-refractivity contribution in [1.82, 2.24) is 4.57 Å². The lowest BCUT2D eigenvalue weighted by molar-refractivity contribution is 0.0512. The number of ether oxygens (including phenoxy) is 2. The average Bonchev–Trinajstić information content (AvgIpc) is 2.95. The van der Waals surface area contributed by atoms with Crippen molar-refractivity contribution in [2.75, 3.05) is 12.3 Å². The van der Waals surface area contributed by atoms with Crippen LogP contribution in [0.5, 0.6) is 0 Å². The summed E-state index contributed by atoms with van der Waals surface area (Å²) >= 11 is 0. The van der Waals surface area contributed by atoms with Gasteiger partial charge in [-0.3, -0.25) is 0 Å². The number of hydrogen-bond donors (Lipinski definition) is 1. The molecule has 0 atom stereocenters. The SMILES string of the molecule is CCOC(=O)c1c(N)c2c(C)cccc2n1C(=O)OCc1ccccc1. The lowest BCUT2D eigenvalue weighted by Gasteiger charge is -2.10. The third kappa shape index (κ3) is 3.13. The summed E-state index contributed by atoms with van der Waals surface area (Å²) in [7, 11) is 0. The summed E-state index contributed by atoms with van der Waals surface area (Å²) in [5, 5.41) is 0.646. The first kappa shape index (κ1) is 17.5. The molecule has 0 spiro atoms. The van der Waals surface area contributed by atoms with Gasteiger partial charge in [0.2, 0.25) is 0 Å². The average molecular weight is 352 g/mol. The lowest BCUT2D eigenvalue weighted by atomic mass is 10.1. The number of nitrogens with two attached hydrogens (primary N) is 1. The fourth-order valence-electron chi connectivity index (χ4n) is 2.92. The third-order valence-electron chi connectivity index (χ3n) is 4.10. The van der Waals surface area contributed by atoms with Gasteiger partial charge in [-0.1, -0.05) is 42.5 Å². The van der Waals surface area contributed by atoms with E-state index >= 15 is 0 Å². The van der Waals surface area contributed by atoms with Crippen LogP contribution in [0.2, 0.25) is 0 Å². The van der Waals surface area contributed by atoms with Crippen molar-refractivity contribution < 1.29 is 19.1 Å². The molecule has 3 aromatic rings. The molecule has 1 aromatic heterocycles. The van der Waals surface area contributed by atoms with E-state index in [1.807, 2.05) is 43.3 Å². The Labute approximate surface area is 151 Å². The fraction of sp³-hybridized carbons (Fsp3) is 0.200. The number of carbonyl (C=O) groups excluding carboxylic acids is 2. The Bertz CT molecular complexity index is 961. The van der Waals surface area contributed by atoms with Gasteiger partial charge >= 0.3 is 12.1 Å². The number of aryl methyl sites for hydroxylation is 1.